The Bertz CT molecular complexity index is 748. The Kier molecular flexibility index (Phi) is 6.32. The molecule has 1 amide bonds. The molecule has 3 rings (SSSR count). The summed E-state index contributed by atoms with van der Waals surface area (Å²) < 4.78 is 5.28. The molecule has 2 aromatic rings. The molecule has 0 aromatic heterocycles. The number of benzene rings is 2. The lowest BCUT2D eigenvalue weighted by Gasteiger charge is -2.31. The monoisotopic (exact) mass is 360 g/mol. The number of nitrogens with zero attached hydrogens (tertiary/aromatic N) is 1. The number of amides is 1. The van der Waals surface area contributed by atoms with E-state index in [1.165, 1.54) is 0 Å². The Morgan fingerprint density at radius 3 is 2.80 bits per heavy atom. The summed E-state index contributed by atoms with van der Waals surface area (Å²) in [5.74, 6) is 1.11. The van der Waals surface area contributed by atoms with Crippen LogP contribution in [0.15, 0.2) is 42.5 Å². The molecule has 4 nitrogen and oxygen atoms in total. The van der Waals surface area contributed by atoms with Crippen molar-refractivity contribution in [1.29, 1.82) is 0 Å². The second-order valence-corrected chi connectivity index (χ2v) is 6.38. The van der Waals surface area contributed by atoms with Gasteiger partial charge in [0.05, 0.1) is 7.11 Å². The number of fused-ring (bicyclic) bond motifs is 1. The molecule has 0 bridgehead atoms. The van der Waals surface area contributed by atoms with Crippen LogP contribution in [0, 0.1) is 0 Å². The van der Waals surface area contributed by atoms with Crippen molar-refractivity contribution >= 4 is 29.7 Å². The minimum atomic E-state index is 0. The number of nitrogens with two attached hydrogens (primary N) is 1. The van der Waals surface area contributed by atoms with Crippen molar-refractivity contribution < 1.29 is 9.53 Å². The van der Waals surface area contributed by atoms with Gasteiger partial charge in [0.25, 0.3) is 0 Å². The van der Waals surface area contributed by atoms with Crippen molar-refractivity contribution in [1.82, 2.24) is 0 Å². The van der Waals surface area contributed by atoms with Crippen LogP contribution < -0.4 is 15.4 Å². The normalized spacial score (nSPS) is 14.2. The Morgan fingerprint density at radius 2 is 2.04 bits per heavy atom. The van der Waals surface area contributed by atoms with E-state index >= 15 is 0 Å². The third-order valence-corrected chi connectivity index (χ3v) is 4.73. The van der Waals surface area contributed by atoms with Gasteiger partial charge < -0.3 is 15.4 Å². The van der Waals surface area contributed by atoms with Gasteiger partial charge in [-0.2, -0.15) is 0 Å². The van der Waals surface area contributed by atoms with Crippen molar-refractivity contribution in [2.75, 3.05) is 24.3 Å². The minimum absolute atomic E-state index is 0. The zero-order chi connectivity index (χ0) is 17.1. The smallest absolute Gasteiger partial charge is 0.227 e. The summed E-state index contributed by atoms with van der Waals surface area (Å²) in [4.78, 5) is 14.8. The molecular formula is C20H25ClN2O2. The van der Waals surface area contributed by atoms with Crippen LogP contribution in [0.2, 0.25) is 0 Å². The molecule has 1 aliphatic rings. The fraction of sp³-hybridized carbons (Fsp3) is 0.350. The van der Waals surface area contributed by atoms with E-state index in [1.54, 1.807) is 7.11 Å². The van der Waals surface area contributed by atoms with Crippen molar-refractivity contribution in [2.45, 2.75) is 32.1 Å². The van der Waals surface area contributed by atoms with Gasteiger partial charge in [0.15, 0.2) is 0 Å². The van der Waals surface area contributed by atoms with Gasteiger partial charge in [-0.05, 0) is 54.2 Å². The number of ether oxygens (including phenoxy) is 1. The first-order chi connectivity index (χ1) is 11.6. The molecule has 25 heavy (non-hydrogen) atoms. The molecule has 0 radical (unpaired) electrons. The third-order valence-electron chi connectivity index (χ3n) is 4.73. The second kappa shape index (κ2) is 8.26. The van der Waals surface area contributed by atoms with Crippen LogP contribution in [0.5, 0.6) is 5.75 Å². The number of anilines is 2. The molecule has 1 unspecified atom stereocenters. The highest BCUT2D eigenvalue weighted by Crippen LogP contribution is 2.33. The van der Waals surface area contributed by atoms with Crippen molar-refractivity contribution in [2.24, 2.45) is 0 Å². The van der Waals surface area contributed by atoms with Crippen LogP contribution >= 0.6 is 12.4 Å². The molecule has 0 aliphatic carbocycles. The maximum Gasteiger partial charge on any atom is 0.227 e. The quantitative estimate of drug-likeness (QED) is 0.832. The van der Waals surface area contributed by atoms with Crippen LogP contribution in [0.4, 0.5) is 11.4 Å². The number of carbonyl (C=O) groups excluding carboxylic acids is 1. The highest BCUT2D eigenvalue weighted by molar-refractivity contribution is 5.95. The summed E-state index contributed by atoms with van der Waals surface area (Å²) in [6.07, 6.45) is 2.37. The van der Waals surface area contributed by atoms with Crippen molar-refractivity contribution in [3.05, 3.63) is 53.6 Å². The summed E-state index contributed by atoms with van der Waals surface area (Å²) in [7, 11) is 1.66. The van der Waals surface area contributed by atoms with E-state index in [2.05, 4.69) is 6.92 Å². The first-order valence-corrected chi connectivity index (χ1v) is 8.42. The molecule has 1 atom stereocenters. The van der Waals surface area contributed by atoms with Crippen LogP contribution in [0.1, 0.15) is 36.8 Å². The van der Waals surface area contributed by atoms with E-state index in [4.69, 9.17) is 10.5 Å². The maximum absolute atomic E-state index is 12.9. The SMILES string of the molecule is COc1cccc(C(C)CC(=O)N2CCCc3c(N)cccc32)c1.Cl. The summed E-state index contributed by atoms with van der Waals surface area (Å²) in [5, 5.41) is 0. The topological polar surface area (TPSA) is 55.6 Å². The molecule has 1 aliphatic heterocycles. The lowest BCUT2D eigenvalue weighted by Crippen LogP contribution is -2.36. The molecule has 0 saturated carbocycles. The molecule has 1 heterocycles. The Hall–Kier alpha value is -2.20. The van der Waals surface area contributed by atoms with Gasteiger partial charge in [-0.15, -0.1) is 12.4 Å². The largest absolute Gasteiger partial charge is 0.497 e. The van der Waals surface area contributed by atoms with E-state index in [0.29, 0.717) is 6.42 Å². The first kappa shape index (κ1) is 19.1. The van der Waals surface area contributed by atoms with E-state index in [0.717, 1.165) is 47.6 Å². The highest BCUT2D eigenvalue weighted by Gasteiger charge is 2.25. The second-order valence-electron chi connectivity index (χ2n) is 6.38. The number of carbonyl (C=O) groups is 1. The van der Waals surface area contributed by atoms with Crippen LogP contribution in [-0.4, -0.2) is 19.6 Å². The fourth-order valence-electron chi connectivity index (χ4n) is 3.35. The fourth-order valence-corrected chi connectivity index (χ4v) is 3.35. The lowest BCUT2D eigenvalue weighted by atomic mass is 9.95. The van der Waals surface area contributed by atoms with E-state index in [-0.39, 0.29) is 24.2 Å². The molecule has 2 aromatic carbocycles. The molecule has 0 spiro atoms. The number of methoxy groups -OCH3 is 1. The van der Waals surface area contributed by atoms with Gasteiger partial charge in [0, 0.05) is 24.3 Å². The first-order valence-electron chi connectivity index (χ1n) is 8.42. The number of nitrogen functional groups attached to an aromatic ring is 1. The standard InChI is InChI=1S/C20H24N2O2.ClH/c1-14(15-6-3-7-16(13-15)24-2)12-20(23)22-11-5-8-17-18(21)9-4-10-19(17)22;/h3-4,6-7,9-10,13-14H,5,8,11-12,21H2,1-2H3;1H. The summed E-state index contributed by atoms with van der Waals surface area (Å²) in [6.45, 7) is 2.84. The summed E-state index contributed by atoms with van der Waals surface area (Å²) in [5.41, 5.74) is 10.1. The molecule has 5 heteroatoms. The van der Waals surface area contributed by atoms with Crippen LogP contribution in [0.3, 0.4) is 0 Å². The molecule has 134 valence electrons. The lowest BCUT2D eigenvalue weighted by molar-refractivity contribution is -0.119. The Labute approximate surface area is 155 Å². The predicted molar refractivity (Wildman–Crippen MR) is 105 cm³/mol. The zero-order valence-corrected chi connectivity index (χ0v) is 15.5. The summed E-state index contributed by atoms with van der Waals surface area (Å²) >= 11 is 0. The number of hydrogen-bond acceptors (Lipinski definition) is 3. The third kappa shape index (κ3) is 4.07. The molecule has 0 fully saturated rings. The average molecular weight is 361 g/mol. The average Bonchev–Trinajstić information content (AvgIpc) is 2.61. The van der Waals surface area contributed by atoms with Gasteiger partial charge in [0.1, 0.15) is 5.75 Å². The number of halogens is 1. The van der Waals surface area contributed by atoms with E-state index in [9.17, 15) is 4.79 Å². The van der Waals surface area contributed by atoms with Gasteiger partial charge >= 0.3 is 0 Å². The van der Waals surface area contributed by atoms with Gasteiger partial charge in [-0.3, -0.25) is 4.79 Å². The predicted octanol–water partition coefficient (Wildman–Crippen LogP) is 4.17. The van der Waals surface area contributed by atoms with E-state index < -0.39 is 0 Å². The van der Waals surface area contributed by atoms with Crippen LogP contribution in [-0.2, 0) is 11.2 Å². The summed E-state index contributed by atoms with van der Waals surface area (Å²) in [6, 6.07) is 13.8. The highest BCUT2D eigenvalue weighted by atomic mass is 35.5. The van der Waals surface area contributed by atoms with Crippen molar-refractivity contribution in [3.8, 4) is 5.75 Å². The molecule has 0 saturated heterocycles. The Morgan fingerprint density at radius 1 is 1.28 bits per heavy atom. The van der Waals surface area contributed by atoms with Gasteiger partial charge in [-0.25, -0.2) is 0 Å². The van der Waals surface area contributed by atoms with Crippen LogP contribution in [0.25, 0.3) is 0 Å². The van der Waals surface area contributed by atoms with Gasteiger partial charge in [-0.1, -0.05) is 25.1 Å². The minimum Gasteiger partial charge on any atom is -0.497 e. The van der Waals surface area contributed by atoms with E-state index in [1.807, 2.05) is 47.4 Å². The number of hydrogen-bond donors (Lipinski definition) is 1. The number of rotatable bonds is 4. The molecule has 2 N–H and O–H groups in total. The molecular weight excluding hydrogens is 336 g/mol. The maximum atomic E-state index is 12.9. The van der Waals surface area contributed by atoms with Gasteiger partial charge in [0.2, 0.25) is 5.91 Å². The van der Waals surface area contributed by atoms with Crippen molar-refractivity contribution in [3.63, 3.8) is 0 Å². The zero-order valence-electron chi connectivity index (χ0n) is 14.7. The Balaban J connectivity index is 0.00000225.